The van der Waals surface area contributed by atoms with E-state index in [1.54, 1.807) is 18.2 Å². The molecule has 102 valence electrons. The summed E-state index contributed by atoms with van der Waals surface area (Å²) in [4.78, 5) is 14.7. The minimum Gasteiger partial charge on any atom is -0.398 e. The summed E-state index contributed by atoms with van der Waals surface area (Å²) in [6, 6.07) is 5.25. The Kier molecular flexibility index (Phi) is 3.37. The summed E-state index contributed by atoms with van der Waals surface area (Å²) in [5.74, 6) is 0.494. The minimum atomic E-state index is -0.112. The number of piperidine rings is 3. The van der Waals surface area contributed by atoms with Crippen LogP contribution >= 0.6 is 11.6 Å². The Labute approximate surface area is 117 Å². The van der Waals surface area contributed by atoms with Gasteiger partial charge in [-0.15, -0.1) is 0 Å². The van der Waals surface area contributed by atoms with Crippen LogP contribution in [-0.4, -0.2) is 36.5 Å². The highest BCUT2D eigenvalue weighted by Gasteiger charge is 2.35. The molecule has 4 nitrogen and oxygen atoms in total. The number of benzene rings is 1. The molecule has 1 unspecified atom stereocenters. The first kappa shape index (κ1) is 12.8. The smallest absolute Gasteiger partial charge is 0.253 e. The molecule has 19 heavy (non-hydrogen) atoms. The minimum absolute atomic E-state index is 0.112. The van der Waals surface area contributed by atoms with E-state index in [0.29, 0.717) is 22.2 Å². The summed E-state index contributed by atoms with van der Waals surface area (Å²) < 4.78 is 0. The topological polar surface area (TPSA) is 58.4 Å². The normalized spacial score (nSPS) is 29.2. The Morgan fingerprint density at radius 2 is 2.11 bits per heavy atom. The van der Waals surface area contributed by atoms with Gasteiger partial charge in [-0.2, -0.15) is 0 Å². The standard InChI is InChI=1S/C14H18ClN3O/c15-10-1-2-12(16)11(7-10)14(19)17-13-8-18-5-3-9(13)4-6-18/h1-2,7,9,13H,3-6,8,16H2,(H,17,19). The number of nitrogens with zero attached hydrogens (tertiary/aromatic N) is 1. The fraction of sp³-hybridized carbons (Fsp3) is 0.500. The fourth-order valence-corrected chi connectivity index (χ4v) is 3.27. The molecule has 1 aromatic rings. The molecule has 0 radical (unpaired) electrons. The molecule has 0 spiro atoms. The number of carbonyl (C=O) groups excluding carboxylic acids is 1. The predicted molar refractivity (Wildman–Crippen MR) is 76.3 cm³/mol. The number of anilines is 1. The van der Waals surface area contributed by atoms with E-state index in [9.17, 15) is 4.79 Å². The monoisotopic (exact) mass is 279 g/mol. The van der Waals surface area contributed by atoms with Crippen molar-refractivity contribution in [3.8, 4) is 0 Å². The maximum absolute atomic E-state index is 12.3. The SMILES string of the molecule is Nc1ccc(Cl)cc1C(=O)NC1CN2CCC1CC2. The van der Waals surface area contributed by atoms with Gasteiger partial charge in [-0.3, -0.25) is 4.79 Å². The Morgan fingerprint density at radius 1 is 1.37 bits per heavy atom. The van der Waals surface area contributed by atoms with Crippen LogP contribution in [0.2, 0.25) is 5.02 Å². The van der Waals surface area contributed by atoms with Crippen LogP contribution in [0, 0.1) is 5.92 Å². The van der Waals surface area contributed by atoms with Crippen molar-refractivity contribution in [3.63, 3.8) is 0 Å². The van der Waals surface area contributed by atoms with Crippen molar-refractivity contribution in [1.29, 1.82) is 0 Å². The third kappa shape index (κ3) is 2.55. The Hall–Kier alpha value is -1.26. The van der Waals surface area contributed by atoms with E-state index < -0.39 is 0 Å². The first-order chi connectivity index (χ1) is 9.13. The van der Waals surface area contributed by atoms with Crippen LogP contribution in [0.5, 0.6) is 0 Å². The molecule has 1 atom stereocenters. The zero-order chi connectivity index (χ0) is 13.4. The van der Waals surface area contributed by atoms with Crippen molar-refractivity contribution in [3.05, 3.63) is 28.8 Å². The molecule has 3 aliphatic rings. The maximum atomic E-state index is 12.3. The van der Waals surface area contributed by atoms with Gasteiger partial charge in [0, 0.05) is 23.3 Å². The van der Waals surface area contributed by atoms with Gasteiger partial charge >= 0.3 is 0 Å². The average molecular weight is 280 g/mol. The van der Waals surface area contributed by atoms with Crippen molar-refractivity contribution >= 4 is 23.2 Å². The molecule has 3 saturated heterocycles. The summed E-state index contributed by atoms with van der Waals surface area (Å²) in [6.07, 6.45) is 2.35. The molecule has 3 fully saturated rings. The van der Waals surface area contributed by atoms with Crippen LogP contribution in [0.15, 0.2) is 18.2 Å². The quantitative estimate of drug-likeness (QED) is 0.811. The highest BCUT2D eigenvalue weighted by atomic mass is 35.5. The van der Waals surface area contributed by atoms with E-state index in [2.05, 4.69) is 10.2 Å². The number of halogens is 1. The summed E-state index contributed by atoms with van der Waals surface area (Å²) in [7, 11) is 0. The molecule has 0 aromatic heterocycles. The van der Waals surface area contributed by atoms with Gasteiger partial charge in [-0.1, -0.05) is 11.6 Å². The molecule has 3 N–H and O–H groups in total. The van der Waals surface area contributed by atoms with Crippen molar-refractivity contribution in [2.45, 2.75) is 18.9 Å². The molecule has 1 aromatic carbocycles. The van der Waals surface area contributed by atoms with Crippen molar-refractivity contribution in [2.75, 3.05) is 25.4 Å². The third-order valence-electron chi connectivity index (χ3n) is 4.23. The lowest BCUT2D eigenvalue weighted by Gasteiger charge is -2.44. The van der Waals surface area contributed by atoms with E-state index in [-0.39, 0.29) is 11.9 Å². The molecule has 4 rings (SSSR count). The zero-order valence-electron chi connectivity index (χ0n) is 10.7. The molecule has 1 amide bonds. The van der Waals surface area contributed by atoms with Crippen molar-refractivity contribution in [2.24, 2.45) is 5.92 Å². The predicted octanol–water partition coefficient (Wildman–Crippen LogP) is 1.75. The summed E-state index contributed by atoms with van der Waals surface area (Å²) >= 11 is 5.92. The maximum Gasteiger partial charge on any atom is 0.253 e. The first-order valence-corrected chi connectivity index (χ1v) is 7.09. The van der Waals surface area contributed by atoms with E-state index >= 15 is 0 Å². The van der Waals surface area contributed by atoms with Gasteiger partial charge < -0.3 is 16.0 Å². The number of nitrogens with two attached hydrogens (primary N) is 1. The second-order valence-corrected chi connectivity index (χ2v) is 5.89. The van der Waals surface area contributed by atoms with Crippen LogP contribution in [0.25, 0.3) is 0 Å². The summed E-state index contributed by atoms with van der Waals surface area (Å²) in [6.45, 7) is 3.28. The lowest BCUT2D eigenvalue weighted by molar-refractivity contribution is 0.0621. The van der Waals surface area contributed by atoms with Gasteiger partial charge in [0.25, 0.3) is 5.91 Å². The largest absolute Gasteiger partial charge is 0.398 e. The van der Waals surface area contributed by atoms with Crippen LogP contribution in [-0.2, 0) is 0 Å². The van der Waals surface area contributed by atoms with Gasteiger partial charge in [-0.05, 0) is 50.0 Å². The molecular weight excluding hydrogens is 262 g/mol. The van der Waals surface area contributed by atoms with Crippen LogP contribution < -0.4 is 11.1 Å². The molecule has 3 aliphatic heterocycles. The number of rotatable bonds is 2. The molecule has 5 heteroatoms. The van der Waals surface area contributed by atoms with Crippen LogP contribution in [0.1, 0.15) is 23.2 Å². The van der Waals surface area contributed by atoms with Gasteiger partial charge in [0.05, 0.1) is 5.56 Å². The van der Waals surface area contributed by atoms with Crippen LogP contribution in [0.3, 0.4) is 0 Å². The van der Waals surface area contributed by atoms with E-state index in [1.165, 1.54) is 12.8 Å². The Bertz CT molecular complexity index is 497. The number of hydrogen-bond acceptors (Lipinski definition) is 3. The summed E-state index contributed by atoms with van der Waals surface area (Å²) in [5, 5.41) is 3.65. The highest BCUT2D eigenvalue weighted by molar-refractivity contribution is 6.31. The number of hydrogen-bond donors (Lipinski definition) is 2. The van der Waals surface area contributed by atoms with Gasteiger partial charge in [0.1, 0.15) is 0 Å². The number of nitrogen functional groups attached to an aromatic ring is 1. The molecule has 3 heterocycles. The summed E-state index contributed by atoms with van der Waals surface area (Å²) in [5.41, 5.74) is 6.79. The third-order valence-corrected chi connectivity index (χ3v) is 4.47. The second-order valence-electron chi connectivity index (χ2n) is 5.45. The molecule has 0 aliphatic carbocycles. The van der Waals surface area contributed by atoms with Crippen LogP contribution in [0.4, 0.5) is 5.69 Å². The molecule has 2 bridgehead atoms. The Balaban J connectivity index is 1.73. The fourth-order valence-electron chi connectivity index (χ4n) is 3.10. The lowest BCUT2D eigenvalue weighted by atomic mass is 9.84. The number of amides is 1. The van der Waals surface area contributed by atoms with Gasteiger partial charge in [0.15, 0.2) is 0 Å². The molecular formula is C14H18ClN3O. The van der Waals surface area contributed by atoms with Crippen molar-refractivity contribution < 1.29 is 4.79 Å². The van der Waals surface area contributed by atoms with E-state index in [4.69, 9.17) is 17.3 Å². The van der Waals surface area contributed by atoms with Crippen molar-refractivity contribution in [1.82, 2.24) is 10.2 Å². The number of carbonyl (C=O) groups is 1. The number of nitrogens with one attached hydrogen (secondary N) is 1. The van der Waals surface area contributed by atoms with E-state index in [0.717, 1.165) is 19.6 Å². The highest BCUT2D eigenvalue weighted by Crippen LogP contribution is 2.28. The molecule has 0 saturated carbocycles. The second kappa shape index (κ2) is 5.02. The number of fused-ring (bicyclic) bond motifs is 3. The van der Waals surface area contributed by atoms with Gasteiger partial charge in [0.2, 0.25) is 0 Å². The lowest BCUT2D eigenvalue weighted by Crippen LogP contribution is -2.57. The average Bonchev–Trinajstić information content (AvgIpc) is 2.43. The van der Waals surface area contributed by atoms with Gasteiger partial charge in [-0.25, -0.2) is 0 Å². The zero-order valence-corrected chi connectivity index (χ0v) is 11.5. The Morgan fingerprint density at radius 3 is 2.74 bits per heavy atom. The van der Waals surface area contributed by atoms with E-state index in [1.807, 2.05) is 0 Å². The first-order valence-electron chi connectivity index (χ1n) is 6.72.